The van der Waals surface area contributed by atoms with E-state index in [1.165, 1.54) is 12.1 Å². The first-order valence-corrected chi connectivity index (χ1v) is 10.5. The highest BCUT2D eigenvalue weighted by atomic mass is 19.1. The summed E-state index contributed by atoms with van der Waals surface area (Å²) in [6.07, 6.45) is 1.34. The average Bonchev–Trinajstić information content (AvgIpc) is 3.34. The van der Waals surface area contributed by atoms with Crippen LogP contribution in [-0.4, -0.2) is 77.9 Å². The van der Waals surface area contributed by atoms with Crippen LogP contribution in [0.5, 0.6) is 0 Å². The van der Waals surface area contributed by atoms with Gasteiger partial charge in [0.2, 0.25) is 5.91 Å². The van der Waals surface area contributed by atoms with Crippen LogP contribution in [0, 0.1) is 11.7 Å². The summed E-state index contributed by atoms with van der Waals surface area (Å²) in [6, 6.07) is 4.58. The molecule has 3 heterocycles. The third kappa shape index (κ3) is 4.29. The van der Waals surface area contributed by atoms with E-state index in [2.05, 4.69) is 15.4 Å². The smallest absolute Gasteiger partial charge is 0.229 e. The molecule has 0 spiro atoms. The van der Waals surface area contributed by atoms with Gasteiger partial charge in [0.05, 0.1) is 17.7 Å². The molecule has 8 heteroatoms. The molecule has 2 N–H and O–H groups in total. The van der Waals surface area contributed by atoms with E-state index in [9.17, 15) is 14.3 Å². The molecule has 4 rings (SSSR count). The molecule has 1 aromatic carbocycles. The summed E-state index contributed by atoms with van der Waals surface area (Å²) in [4.78, 5) is 16.9. The van der Waals surface area contributed by atoms with Crippen molar-refractivity contribution in [1.29, 1.82) is 0 Å². The largest absolute Gasteiger partial charge is 0.391 e. The number of nitrogens with one attached hydrogen (secondary N) is 1. The number of likely N-dealkylation sites (N-methyl/N-ethyl adjacent to an activating group) is 1. The molecule has 1 amide bonds. The van der Waals surface area contributed by atoms with Crippen molar-refractivity contribution in [2.24, 2.45) is 5.92 Å². The van der Waals surface area contributed by atoms with Crippen LogP contribution in [0.3, 0.4) is 0 Å². The van der Waals surface area contributed by atoms with Crippen LogP contribution in [0.15, 0.2) is 22.7 Å². The van der Waals surface area contributed by atoms with Crippen LogP contribution in [0.25, 0.3) is 11.0 Å². The number of hydrogen-bond acceptors (Lipinski definition) is 6. The molecule has 158 valence electrons. The first kappa shape index (κ1) is 20.3. The molecule has 0 saturated carbocycles. The summed E-state index contributed by atoms with van der Waals surface area (Å²) in [7, 11) is 0. The van der Waals surface area contributed by atoms with Gasteiger partial charge in [0.1, 0.15) is 5.82 Å². The van der Waals surface area contributed by atoms with Gasteiger partial charge >= 0.3 is 0 Å². The lowest BCUT2D eigenvalue weighted by Crippen LogP contribution is -2.45. The van der Waals surface area contributed by atoms with Crippen molar-refractivity contribution in [3.05, 3.63) is 29.7 Å². The summed E-state index contributed by atoms with van der Waals surface area (Å²) in [5.74, 6) is -0.292. The van der Waals surface area contributed by atoms with Crippen molar-refractivity contribution in [2.45, 2.75) is 31.8 Å². The molecule has 7 nitrogen and oxygen atoms in total. The van der Waals surface area contributed by atoms with Crippen LogP contribution in [-0.2, 0) is 4.79 Å². The maximum atomic E-state index is 13.4. The number of benzene rings is 1. The molecular formula is C21H29FN4O3. The third-order valence-corrected chi connectivity index (χ3v) is 6.32. The number of β-amino-alcohol motifs (C(OH)–C–C–N with tert-alkyl or cyclic N) is 1. The molecule has 0 aliphatic carbocycles. The number of aliphatic hydroxyl groups excluding tert-OH is 1. The van der Waals surface area contributed by atoms with E-state index in [-0.39, 0.29) is 17.6 Å². The first-order chi connectivity index (χ1) is 14.1. The molecule has 2 atom stereocenters. The minimum Gasteiger partial charge on any atom is -0.391 e. The molecule has 29 heavy (non-hydrogen) atoms. The molecular weight excluding hydrogens is 375 g/mol. The van der Waals surface area contributed by atoms with Crippen LogP contribution in [0.2, 0.25) is 0 Å². The van der Waals surface area contributed by atoms with Gasteiger partial charge in [0.25, 0.3) is 0 Å². The SMILES string of the molecule is CCN(CCN1CCC(c2noc3cc(F)ccc23)CC1)C(=O)C1CNCC1O. The number of amides is 1. The molecule has 2 fully saturated rings. The lowest BCUT2D eigenvalue weighted by molar-refractivity contribution is -0.137. The highest BCUT2D eigenvalue weighted by Gasteiger charge is 2.34. The van der Waals surface area contributed by atoms with Crippen LogP contribution < -0.4 is 5.32 Å². The molecule has 2 aromatic rings. The number of carbonyl (C=O) groups is 1. The predicted octanol–water partition coefficient (Wildman–Crippen LogP) is 1.58. The number of nitrogens with zero attached hydrogens (tertiary/aromatic N) is 3. The van der Waals surface area contributed by atoms with Gasteiger partial charge in [-0.25, -0.2) is 4.39 Å². The number of piperidine rings is 1. The van der Waals surface area contributed by atoms with Gasteiger partial charge < -0.3 is 24.7 Å². The molecule has 2 unspecified atom stereocenters. The Hall–Kier alpha value is -2.03. The quantitative estimate of drug-likeness (QED) is 0.761. The van der Waals surface area contributed by atoms with Gasteiger partial charge in [-0.05, 0) is 45.0 Å². The van der Waals surface area contributed by atoms with Gasteiger partial charge in [-0.1, -0.05) is 5.16 Å². The van der Waals surface area contributed by atoms with Crippen molar-refractivity contribution >= 4 is 16.9 Å². The molecule has 0 radical (unpaired) electrons. The summed E-state index contributed by atoms with van der Waals surface area (Å²) in [5.41, 5.74) is 1.43. The second kappa shape index (κ2) is 8.77. The third-order valence-electron chi connectivity index (χ3n) is 6.32. The number of halogens is 1. The lowest BCUT2D eigenvalue weighted by Gasteiger charge is -2.33. The van der Waals surface area contributed by atoms with E-state index in [0.29, 0.717) is 37.7 Å². The second-order valence-corrected chi connectivity index (χ2v) is 8.07. The molecule has 1 aromatic heterocycles. The molecule has 2 aliphatic heterocycles. The van der Waals surface area contributed by atoms with Gasteiger partial charge in [0, 0.05) is 50.1 Å². The number of likely N-dealkylation sites (tertiary alicyclic amines) is 1. The van der Waals surface area contributed by atoms with Gasteiger partial charge in [-0.2, -0.15) is 0 Å². The van der Waals surface area contributed by atoms with Crippen LogP contribution >= 0.6 is 0 Å². The van der Waals surface area contributed by atoms with Crippen molar-refractivity contribution in [3.8, 4) is 0 Å². The van der Waals surface area contributed by atoms with Crippen molar-refractivity contribution in [1.82, 2.24) is 20.3 Å². The maximum Gasteiger partial charge on any atom is 0.229 e. The fourth-order valence-corrected chi connectivity index (χ4v) is 4.49. The number of fused-ring (bicyclic) bond motifs is 1. The summed E-state index contributed by atoms with van der Waals surface area (Å²) >= 11 is 0. The highest BCUT2D eigenvalue weighted by molar-refractivity contribution is 5.80. The van der Waals surface area contributed by atoms with E-state index >= 15 is 0 Å². The summed E-state index contributed by atoms with van der Waals surface area (Å²) in [5, 5.41) is 18.2. The Morgan fingerprint density at radius 2 is 2.17 bits per heavy atom. The maximum absolute atomic E-state index is 13.4. The standard InChI is InChI=1S/C21H29FN4O3/c1-2-26(21(28)17-12-23-13-18(17)27)10-9-25-7-5-14(6-8-25)20-16-4-3-15(22)11-19(16)29-24-20/h3-4,11,14,17-18,23,27H,2,5-10,12-13H2,1H3. The van der Waals surface area contributed by atoms with E-state index in [0.717, 1.165) is 43.6 Å². The van der Waals surface area contributed by atoms with Crippen LogP contribution in [0.1, 0.15) is 31.4 Å². The van der Waals surface area contributed by atoms with E-state index < -0.39 is 6.10 Å². The Labute approximate surface area is 169 Å². The van der Waals surface area contributed by atoms with E-state index in [1.807, 2.05) is 11.8 Å². The Morgan fingerprint density at radius 3 is 2.86 bits per heavy atom. The first-order valence-electron chi connectivity index (χ1n) is 10.5. The second-order valence-electron chi connectivity index (χ2n) is 8.07. The number of aromatic nitrogens is 1. The minimum atomic E-state index is -0.585. The molecule has 0 bridgehead atoms. The zero-order valence-corrected chi connectivity index (χ0v) is 16.8. The van der Waals surface area contributed by atoms with E-state index in [1.54, 1.807) is 6.07 Å². The molecule has 2 saturated heterocycles. The number of carbonyl (C=O) groups excluding carboxylic acids is 1. The monoisotopic (exact) mass is 404 g/mol. The zero-order valence-electron chi connectivity index (χ0n) is 16.8. The topological polar surface area (TPSA) is 81.8 Å². The number of rotatable bonds is 6. The van der Waals surface area contributed by atoms with Crippen molar-refractivity contribution in [3.63, 3.8) is 0 Å². The normalized spacial score (nSPS) is 23.7. The fourth-order valence-electron chi connectivity index (χ4n) is 4.49. The van der Waals surface area contributed by atoms with Crippen LogP contribution in [0.4, 0.5) is 4.39 Å². The summed E-state index contributed by atoms with van der Waals surface area (Å²) < 4.78 is 18.7. The summed E-state index contributed by atoms with van der Waals surface area (Å²) in [6.45, 7) is 7.04. The van der Waals surface area contributed by atoms with Gasteiger partial charge in [0.15, 0.2) is 5.58 Å². The average molecular weight is 404 g/mol. The van der Waals surface area contributed by atoms with E-state index in [4.69, 9.17) is 4.52 Å². The van der Waals surface area contributed by atoms with Gasteiger partial charge in [-0.15, -0.1) is 0 Å². The minimum absolute atomic E-state index is 0.0428. The van der Waals surface area contributed by atoms with Gasteiger partial charge in [-0.3, -0.25) is 4.79 Å². The van der Waals surface area contributed by atoms with Crippen molar-refractivity contribution in [2.75, 3.05) is 45.8 Å². The van der Waals surface area contributed by atoms with Crippen molar-refractivity contribution < 1.29 is 18.8 Å². The Morgan fingerprint density at radius 1 is 1.38 bits per heavy atom. The number of aliphatic hydroxyl groups is 1. The Bertz CT molecular complexity index is 850. The number of hydrogen-bond donors (Lipinski definition) is 2. The molecule has 2 aliphatic rings. The highest BCUT2D eigenvalue weighted by Crippen LogP contribution is 2.32. The lowest BCUT2D eigenvalue weighted by atomic mass is 9.91. The zero-order chi connectivity index (χ0) is 20.4. The predicted molar refractivity (Wildman–Crippen MR) is 107 cm³/mol. The fraction of sp³-hybridized carbons (Fsp3) is 0.619. The Balaban J connectivity index is 1.29. The Kier molecular flexibility index (Phi) is 6.12.